The molecule has 2 atom stereocenters. The lowest BCUT2D eigenvalue weighted by molar-refractivity contribution is -0.137. The second-order valence-corrected chi connectivity index (χ2v) is 16.3. The Balaban J connectivity index is 0.000000185. The van der Waals surface area contributed by atoms with E-state index in [1.165, 1.54) is 48.2 Å². The average Bonchev–Trinajstić information content (AvgIpc) is 3.27. The first kappa shape index (κ1) is 43.3. The normalized spacial score (nSPS) is 14.3. The van der Waals surface area contributed by atoms with Gasteiger partial charge in [0.15, 0.2) is 0 Å². The van der Waals surface area contributed by atoms with Gasteiger partial charge in [-0.25, -0.2) is 18.7 Å². The molecule has 0 fully saturated rings. The highest BCUT2D eigenvalue weighted by Crippen LogP contribution is 2.29. The van der Waals surface area contributed by atoms with Crippen LogP contribution in [-0.4, -0.2) is 55.3 Å². The molecule has 2 aromatic carbocycles. The smallest absolute Gasteiger partial charge is 0.303 e. The highest BCUT2D eigenvalue weighted by molar-refractivity contribution is 5.81. The number of nitrogens with zero attached hydrogens (tertiary/aromatic N) is 4. The summed E-state index contributed by atoms with van der Waals surface area (Å²) in [6, 6.07) is 21.4. The van der Waals surface area contributed by atoms with Gasteiger partial charge in [0.2, 0.25) is 0 Å². The number of anilines is 2. The number of benzene rings is 2. The third-order valence-corrected chi connectivity index (χ3v) is 11.6. The third-order valence-electron chi connectivity index (χ3n) is 11.6. The molecule has 8 rings (SSSR count). The van der Waals surface area contributed by atoms with Crippen LogP contribution in [0.3, 0.4) is 0 Å². The van der Waals surface area contributed by atoms with Crippen LogP contribution in [0.5, 0.6) is 0 Å². The van der Waals surface area contributed by atoms with Crippen LogP contribution in [0.25, 0.3) is 27.9 Å². The number of fused-ring (bicyclic) bond motifs is 4. The standard InChI is InChI=1S/C26H30FN3O2.C24H26FN3O/c27-22-10-12-24-20(15-22)14-21(17-29-24)19(16-25(31)32)6-3-1-2-4-8-23-11-9-18-7-5-13-28-26(18)30-23;25-20-9-12-23-19(15-20)14-17(16-27-23)7-11-22(29)6-2-1-5-21-10-8-18-4-3-13-26-24(18)28-21/h9-12,14-15,17,19H,1-8,13,16H2,(H,28,30)(H,31,32);7-12,14-16,22,29H,1-6,13H2,(H,26,28)/b;11-7+. The van der Waals surface area contributed by atoms with E-state index in [-0.39, 0.29) is 24.0 Å². The SMILES string of the molecule is O=C(O)CC(CCCCCCc1ccc2c(n1)NCCC2)c1cnc2ccc(F)cc2c1.OC(/C=C/c1cnc2ccc(F)cc2c1)CCCCc1ccc2c(n1)NCCC2. The van der Waals surface area contributed by atoms with Gasteiger partial charge in [-0.15, -0.1) is 0 Å². The zero-order chi connectivity index (χ0) is 42.4. The third kappa shape index (κ3) is 12.8. The predicted molar refractivity (Wildman–Crippen MR) is 240 cm³/mol. The van der Waals surface area contributed by atoms with E-state index in [0.717, 1.165) is 134 Å². The molecular weight excluding hydrogens is 771 g/mol. The van der Waals surface area contributed by atoms with Crippen LogP contribution < -0.4 is 10.6 Å². The van der Waals surface area contributed by atoms with E-state index >= 15 is 0 Å². The molecule has 0 radical (unpaired) electrons. The molecule has 0 spiro atoms. The number of aliphatic hydroxyl groups is 1. The summed E-state index contributed by atoms with van der Waals surface area (Å²) in [5, 5.41) is 27.8. The number of aromatic nitrogens is 4. The van der Waals surface area contributed by atoms with Crippen molar-refractivity contribution in [3.05, 3.63) is 137 Å². The summed E-state index contributed by atoms with van der Waals surface area (Å²) in [5.74, 6) is 0.581. The van der Waals surface area contributed by atoms with Gasteiger partial charge in [0.1, 0.15) is 23.3 Å². The molecule has 0 bridgehead atoms. The number of unbranched alkanes of at least 4 members (excludes halogenated alkanes) is 4. The van der Waals surface area contributed by atoms with E-state index in [4.69, 9.17) is 9.97 Å². The molecule has 9 nitrogen and oxygen atoms in total. The summed E-state index contributed by atoms with van der Waals surface area (Å²) in [7, 11) is 0. The molecule has 6 aromatic rings. The quantitative estimate of drug-likeness (QED) is 0.0663. The Labute approximate surface area is 356 Å². The van der Waals surface area contributed by atoms with Crippen molar-refractivity contribution in [2.45, 2.75) is 108 Å². The van der Waals surface area contributed by atoms with Gasteiger partial charge < -0.3 is 20.8 Å². The van der Waals surface area contributed by atoms with E-state index < -0.39 is 12.1 Å². The molecule has 11 heteroatoms. The fourth-order valence-electron chi connectivity index (χ4n) is 8.20. The summed E-state index contributed by atoms with van der Waals surface area (Å²) in [5.41, 5.74) is 8.07. The Bertz CT molecular complexity index is 2440. The minimum Gasteiger partial charge on any atom is -0.481 e. The number of aliphatic hydroxyl groups excluding tert-OH is 1. The lowest BCUT2D eigenvalue weighted by Gasteiger charge is -2.17. The molecule has 61 heavy (non-hydrogen) atoms. The van der Waals surface area contributed by atoms with Crippen LogP contribution in [0.15, 0.2) is 91.3 Å². The van der Waals surface area contributed by atoms with Crippen molar-refractivity contribution in [1.29, 1.82) is 0 Å². The van der Waals surface area contributed by atoms with Gasteiger partial charge in [-0.1, -0.05) is 50.0 Å². The van der Waals surface area contributed by atoms with Crippen LogP contribution in [0.4, 0.5) is 20.4 Å². The van der Waals surface area contributed by atoms with Gasteiger partial charge in [0.05, 0.1) is 23.6 Å². The van der Waals surface area contributed by atoms with E-state index in [0.29, 0.717) is 11.8 Å². The number of carboxylic acid groups (broad SMARTS) is 1. The first-order chi connectivity index (χ1) is 29.8. The molecule has 6 heterocycles. The van der Waals surface area contributed by atoms with Crippen molar-refractivity contribution >= 4 is 45.5 Å². The lowest BCUT2D eigenvalue weighted by atomic mass is 9.90. The largest absolute Gasteiger partial charge is 0.481 e. The number of aliphatic carboxylic acids is 1. The summed E-state index contributed by atoms with van der Waals surface area (Å²) < 4.78 is 26.9. The Morgan fingerprint density at radius 2 is 1.26 bits per heavy atom. The molecule has 0 saturated carbocycles. The molecule has 2 aliphatic heterocycles. The number of carbonyl (C=O) groups is 1. The van der Waals surface area contributed by atoms with Crippen LogP contribution in [0, 0.1) is 11.6 Å². The second-order valence-electron chi connectivity index (χ2n) is 16.3. The Morgan fingerprint density at radius 3 is 1.90 bits per heavy atom. The van der Waals surface area contributed by atoms with Crippen LogP contribution >= 0.6 is 0 Å². The number of carboxylic acids is 1. The summed E-state index contributed by atoms with van der Waals surface area (Å²) in [4.78, 5) is 29.6. The Morgan fingerprint density at radius 1 is 0.689 bits per heavy atom. The molecule has 0 aliphatic carbocycles. The zero-order valence-corrected chi connectivity index (χ0v) is 34.8. The van der Waals surface area contributed by atoms with Gasteiger partial charge >= 0.3 is 5.97 Å². The maximum atomic E-state index is 13.6. The minimum absolute atomic E-state index is 0.0640. The number of halogens is 2. The molecule has 4 N–H and O–H groups in total. The number of hydrogen-bond acceptors (Lipinski definition) is 8. The Hall–Kier alpha value is -5.81. The number of pyridine rings is 4. The van der Waals surface area contributed by atoms with Crippen molar-refractivity contribution in [3.8, 4) is 0 Å². The number of hydrogen-bond donors (Lipinski definition) is 4. The highest BCUT2D eigenvalue weighted by Gasteiger charge is 2.17. The number of rotatable bonds is 17. The van der Waals surface area contributed by atoms with E-state index in [1.54, 1.807) is 30.6 Å². The van der Waals surface area contributed by atoms with E-state index in [2.05, 4.69) is 44.9 Å². The molecule has 4 aromatic heterocycles. The van der Waals surface area contributed by atoms with E-state index in [9.17, 15) is 23.8 Å². The van der Waals surface area contributed by atoms with Crippen LogP contribution in [-0.2, 0) is 30.5 Å². The van der Waals surface area contributed by atoms with Crippen LogP contribution in [0.2, 0.25) is 0 Å². The minimum atomic E-state index is -0.818. The first-order valence-corrected chi connectivity index (χ1v) is 21.9. The summed E-state index contributed by atoms with van der Waals surface area (Å²) in [6.45, 7) is 2.01. The first-order valence-electron chi connectivity index (χ1n) is 21.9. The fourth-order valence-corrected chi connectivity index (χ4v) is 8.20. The summed E-state index contributed by atoms with van der Waals surface area (Å²) in [6.07, 6.45) is 20.7. The van der Waals surface area contributed by atoms with Crippen molar-refractivity contribution in [1.82, 2.24) is 19.9 Å². The number of nitrogens with one attached hydrogen (secondary N) is 2. The molecule has 0 amide bonds. The van der Waals surface area contributed by atoms with Gasteiger partial charge in [0.25, 0.3) is 0 Å². The average molecular weight is 827 g/mol. The Kier molecular flexibility index (Phi) is 15.3. The van der Waals surface area contributed by atoms with Crippen molar-refractivity contribution in [2.24, 2.45) is 0 Å². The van der Waals surface area contributed by atoms with Gasteiger partial charge in [-0.2, -0.15) is 0 Å². The topological polar surface area (TPSA) is 133 Å². The predicted octanol–water partition coefficient (Wildman–Crippen LogP) is 10.8. The molecule has 0 saturated heterocycles. The summed E-state index contributed by atoms with van der Waals surface area (Å²) >= 11 is 0. The zero-order valence-electron chi connectivity index (χ0n) is 34.8. The van der Waals surface area contributed by atoms with Crippen molar-refractivity contribution in [2.75, 3.05) is 23.7 Å². The fraction of sp³-hybridized carbons (Fsp3) is 0.380. The molecular formula is C50H56F2N6O3. The van der Waals surface area contributed by atoms with Gasteiger partial charge in [-0.05, 0) is 153 Å². The van der Waals surface area contributed by atoms with Gasteiger partial charge in [0, 0.05) is 47.6 Å². The molecule has 2 aliphatic rings. The number of aryl methyl sites for hydroxylation is 4. The maximum absolute atomic E-state index is 13.6. The maximum Gasteiger partial charge on any atom is 0.303 e. The highest BCUT2D eigenvalue weighted by atomic mass is 19.1. The van der Waals surface area contributed by atoms with Gasteiger partial charge in [-0.3, -0.25) is 14.8 Å². The van der Waals surface area contributed by atoms with Crippen molar-refractivity contribution < 1.29 is 23.8 Å². The molecule has 2 unspecified atom stereocenters. The lowest BCUT2D eigenvalue weighted by Crippen LogP contribution is -2.14. The van der Waals surface area contributed by atoms with Crippen molar-refractivity contribution in [3.63, 3.8) is 0 Å². The van der Waals surface area contributed by atoms with E-state index in [1.807, 2.05) is 18.2 Å². The van der Waals surface area contributed by atoms with Crippen LogP contribution in [0.1, 0.15) is 110 Å². The monoisotopic (exact) mass is 826 g/mol. The molecule has 318 valence electrons. The second kappa shape index (κ2) is 21.6.